The molecule has 9 nitrogen and oxygen atoms in total. The molecule has 0 saturated carbocycles. The van der Waals surface area contributed by atoms with E-state index in [2.05, 4.69) is 47.1 Å². The first-order valence-electron chi connectivity index (χ1n) is 9.84. The quantitative estimate of drug-likeness (QED) is 0.358. The number of aromatic nitrogens is 2. The van der Waals surface area contributed by atoms with Gasteiger partial charge >= 0.3 is 11.8 Å². The van der Waals surface area contributed by atoms with Crippen LogP contribution in [0.4, 0.5) is 10.8 Å². The summed E-state index contributed by atoms with van der Waals surface area (Å²) in [6.45, 7) is 8.05. The van der Waals surface area contributed by atoms with Crippen molar-refractivity contribution in [3.8, 4) is 0 Å². The number of fused-ring (bicyclic) bond motifs is 1. The Kier molecular flexibility index (Phi) is 6.56. The molecule has 0 aliphatic heterocycles. The number of ether oxygens (including phenoxy) is 1. The molecule has 31 heavy (non-hydrogen) atoms. The summed E-state index contributed by atoms with van der Waals surface area (Å²) < 4.78 is 6.48. The second kappa shape index (κ2) is 8.70. The zero-order valence-electron chi connectivity index (χ0n) is 18.1. The minimum atomic E-state index is -0.611. The fraction of sp³-hybridized carbons (Fsp3) is 0.550. The van der Waals surface area contributed by atoms with Crippen LogP contribution in [0, 0.1) is 28.4 Å². The van der Waals surface area contributed by atoms with E-state index in [1.54, 1.807) is 6.92 Å². The first kappa shape index (κ1) is 23.4. The van der Waals surface area contributed by atoms with Crippen molar-refractivity contribution in [1.29, 1.82) is 0 Å². The summed E-state index contributed by atoms with van der Waals surface area (Å²) >= 11 is 4.54. The monoisotopic (exact) mass is 512 g/mol. The molecular weight excluding hydrogens is 488 g/mol. The van der Waals surface area contributed by atoms with Gasteiger partial charge in [-0.1, -0.05) is 20.8 Å². The minimum absolute atomic E-state index is 0.149. The van der Waals surface area contributed by atoms with Crippen LogP contribution < -0.4 is 5.32 Å². The molecule has 1 aliphatic carbocycles. The Labute approximate surface area is 192 Å². The molecule has 1 amide bonds. The van der Waals surface area contributed by atoms with Crippen molar-refractivity contribution in [2.24, 2.45) is 11.3 Å². The number of carbonyl (C=O) groups excluding carboxylic acids is 2. The van der Waals surface area contributed by atoms with Crippen molar-refractivity contribution in [2.75, 3.05) is 12.4 Å². The lowest BCUT2D eigenvalue weighted by molar-refractivity contribution is -0.390. The fourth-order valence-corrected chi connectivity index (χ4v) is 5.57. The third-order valence-corrected chi connectivity index (χ3v) is 7.81. The number of nitro groups is 1. The molecule has 0 fully saturated rings. The van der Waals surface area contributed by atoms with Gasteiger partial charge in [0.2, 0.25) is 5.91 Å². The summed E-state index contributed by atoms with van der Waals surface area (Å²) in [7, 11) is 1.32. The summed E-state index contributed by atoms with van der Waals surface area (Å²) in [5, 5.41) is 18.2. The van der Waals surface area contributed by atoms with Crippen LogP contribution in [0.15, 0.2) is 4.47 Å². The Hall–Kier alpha value is -2.27. The standard InChI is InChI=1S/C20H25BrN4O5S/c1-10-16(21)17(25(28)29)23-24(10)9-14(26)22-18-15(19(27)30-5)12-7-6-11(20(2,3)4)8-13(12)31-18/h11H,6-9H2,1-5H3,(H,22,26)/t11-/m0/s1. The molecule has 0 bridgehead atoms. The summed E-state index contributed by atoms with van der Waals surface area (Å²) in [5.41, 5.74) is 1.97. The van der Waals surface area contributed by atoms with Crippen LogP contribution in [0.2, 0.25) is 0 Å². The molecule has 0 aromatic carbocycles. The Morgan fingerprint density at radius 3 is 2.65 bits per heavy atom. The second-order valence-corrected chi connectivity index (χ2v) is 10.6. The van der Waals surface area contributed by atoms with Crippen molar-refractivity contribution < 1.29 is 19.2 Å². The summed E-state index contributed by atoms with van der Waals surface area (Å²) in [5.74, 6) is -0.766. The van der Waals surface area contributed by atoms with Crippen LogP contribution in [-0.2, 0) is 28.9 Å². The van der Waals surface area contributed by atoms with Crippen molar-refractivity contribution in [3.05, 3.63) is 36.3 Å². The van der Waals surface area contributed by atoms with E-state index in [0.29, 0.717) is 22.2 Å². The minimum Gasteiger partial charge on any atom is -0.465 e. The molecule has 11 heteroatoms. The maximum Gasteiger partial charge on any atom is 0.404 e. The largest absolute Gasteiger partial charge is 0.465 e. The van der Waals surface area contributed by atoms with Gasteiger partial charge in [-0.15, -0.1) is 11.3 Å². The molecule has 0 spiro atoms. The third-order valence-electron chi connectivity index (χ3n) is 5.72. The van der Waals surface area contributed by atoms with Crippen molar-refractivity contribution in [2.45, 2.75) is 53.5 Å². The average Bonchev–Trinajstić information content (AvgIpc) is 3.18. The Bertz CT molecular complexity index is 1050. The van der Waals surface area contributed by atoms with Crippen LogP contribution in [0.1, 0.15) is 53.7 Å². The highest BCUT2D eigenvalue weighted by atomic mass is 79.9. The Morgan fingerprint density at radius 2 is 2.10 bits per heavy atom. The number of nitrogens with one attached hydrogen (secondary N) is 1. The lowest BCUT2D eigenvalue weighted by atomic mass is 9.72. The highest BCUT2D eigenvalue weighted by Crippen LogP contribution is 2.44. The molecular formula is C20H25BrN4O5S. The van der Waals surface area contributed by atoms with Gasteiger partial charge in [0.25, 0.3) is 0 Å². The number of nitrogens with zero attached hydrogens (tertiary/aromatic N) is 3. The van der Waals surface area contributed by atoms with Crippen molar-refractivity contribution in [3.63, 3.8) is 0 Å². The Balaban J connectivity index is 1.87. The number of rotatable bonds is 5. The van der Waals surface area contributed by atoms with E-state index in [-0.39, 0.29) is 22.3 Å². The molecule has 168 valence electrons. The van der Waals surface area contributed by atoms with Gasteiger partial charge in [0.05, 0.1) is 23.5 Å². The fourth-order valence-electron chi connectivity index (χ4n) is 3.81. The molecule has 1 aliphatic rings. The number of carbonyl (C=O) groups is 2. The van der Waals surface area contributed by atoms with E-state index < -0.39 is 16.8 Å². The highest BCUT2D eigenvalue weighted by molar-refractivity contribution is 9.10. The van der Waals surface area contributed by atoms with Crippen molar-refractivity contribution >= 4 is 50.0 Å². The maximum atomic E-state index is 12.7. The summed E-state index contributed by atoms with van der Waals surface area (Å²) in [4.78, 5) is 36.8. The van der Waals surface area contributed by atoms with Gasteiger partial charge in [-0.3, -0.25) is 4.79 Å². The zero-order chi connectivity index (χ0) is 23.1. The highest BCUT2D eigenvalue weighted by Gasteiger charge is 2.34. The first-order valence-corrected chi connectivity index (χ1v) is 11.4. The summed E-state index contributed by atoms with van der Waals surface area (Å²) in [6, 6.07) is 0. The van der Waals surface area contributed by atoms with Gasteiger partial charge in [0.1, 0.15) is 16.0 Å². The number of esters is 1. The lowest BCUT2D eigenvalue weighted by Crippen LogP contribution is -2.26. The predicted octanol–water partition coefficient (Wildman–Crippen LogP) is 4.50. The van der Waals surface area contributed by atoms with Crippen LogP contribution >= 0.6 is 27.3 Å². The topological polar surface area (TPSA) is 116 Å². The van der Waals surface area contributed by atoms with Crippen LogP contribution in [0.3, 0.4) is 0 Å². The van der Waals surface area contributed by atoms with Crippen molar-refractivity contribution in [1.82, 2.24) is 9.78 Å². The van der Waals surface area contributed by atoms with E-state index in [9.17, 15) is 19.7 Å². The van der Waals surface area contributed by atoms with Gasteiger partial charge in [0.15, 0.2) is 0 Å². The number of hydrogen-bond donors (Lipinski definition) is 1. The summed E-state index contributed by atoms with van der Waals surface area (Å²) in [6.07, 6.45) is 2.57. The maximum absolute atomic E-state index is 12.7. The van der Waals surface area contributed by atoms with Gasteiger partial charge in [-0.25, -0.2) is 4.79 Å². The molecule has 2 aromatic rings. The average molecular weight is 513 g/mol. The SMILES string of the molecule is COC(=O)c1c(NC(=O)Cn2nc([N+](=O)[O-])c(Br)c2C)sc2c1CC[C@H](C(C)(C)C)C2. The van der Waals surface area contributed by atoms with E-state index in [4.69, 9.17) is 4.74 Å². The molecule has 0 saturated heterocycles. The molecule has 2 aromatic heterocycles. The molecule has 3 rings (SSSR count). The second-order valence-electron chi connectivity index (χ2n) is 8.69. The van der Waals surface area contributed by atoms with E-state index in [0.717, 1.165) is 29.7 Å². The molecule has 2 heterocycles. The number of thiophene rings is 1. The van der Waals surface area contributed by atoms with Gasteiger partial charge < -0.3 is 20.2 Å². The van der Waals surface area contributed by atoms with E-state index in [1.165, 1.54) is 23.1 Å². The van der Waals surface area contributed by atoms with Crippen LogP contribution in [0.5, 0.6) is 0 Å². The molecule has 1 atom stereocenters. The van der Waals surface area contributed by atoms with Crippen LogP contribution in [-0.4, -0.2) is 33.7 Å². The predicted molar refractivity (Wildman–Crippen MR) is 121 cm³/mol. The normalized spacial score (nSPS) is 16.0. The molecule has 0 radical (unpaired) electrons. The lowest BCUT2D eigenvalue weighted by Gasteiger charge is -2.33. The van der Waals surface area contributed by atoms with E-state index >= 15 is 0 Å². The zero-order valence-corrected chi connectivity index (χ0v) is 20.5. The van der Waals surface area contributed by atoms with Gasteiger partial charge in [0, 0.05) is 4.88 Å². The third kappa shape index (κ3) is 4.67. The number of methoxy groups -OCH3 is 1. The van der Waals surface area contributed by atoms with Gasteiger partial charge in [-0.05, 0) is 63.9 Å². The first-order chi connectivity index (χ1) is 14.4. The number of hydrogen-bond acceptors (Lipinski definition) is 7. The molecule has 1 N–H and O–H groups in total. The number of anilines is 1. The number of amides is 1. The molecule has 0 unspecified atom stereocenters. The van der Waals surface area contributed by atoms with Gasteiger partial charge in [-0.2, -0.15) is 4.68 Å². The number of halogens is 1. The Morgan fingerprint density at radius 1 is 1.42 bits per heavy atom. The van der Waals surface area contributed by atoms with E-state index in [1.807, 2.05) is 0 Å². The van der Waals surface area contributed by atoms with Crippen LogP contribution in [0.25, 0.3) is 0 Å². The smallest absolute Gasteiger partial charge is 0.404 e.